The summed E-state index contributed by atoms with van der Waals surface area (Å²) in [5, 5.41) is 8.90. The lowest BCUT2D eigenvalue weighted by atomic mass is 9.98. The zero-order valence-electron chi connectivity index (χ0n) is 12.8. The number of benzene rings is 2. The van der Waals surface area contributed by atoms with Gasteiger partial charge in [0.05, 0.1) is 5.56 Å². The van der Waals surface area contributed by atoms with Gasteiger partial charge >= 0.3 is 0 Å². The van der Waals surface area contributed by atoms with E-state index in [-0.39, 0.29) is 17.0 Å². The van der Waals surface area contributed by atoms with Crippen LogP contribution < -0.4 is 5.14 Å². The van der Waals surface area contributed by atoms with Gasteiger partial charge in [-0.05, 0) is 24.3 Å². The normalized spacial score (nSPS) is 11.7. The first kappa shape index (κ1) is 18.4. The zero-order valence-corrected chi connectivity index (χ0v) is 14.4. The Labute approximate surface area is 151 Å². The minimum atomic E-state index is -4.47. The molecule has 2 N–H and O–H groups in total. The minimum Gasteiger partial charge on any atom is -0.357 e. The molecule has 3 aromatic rings. The molecule has 26 heavy (non-hydrogen) atoms. The van der Waals surface area contributed by atoms with Gasteiger partial charge in [-0.15, -0.1) is 0 Å². The van der Waals surface area contributed by atoms with Gasteiger partial charge in [0.25, 0.3) is 0 Å². The molecule has 0 fully saturated rings. The maximum absolute atomic E-state index is 14.5. The summed E-state index contributed by atoms with van der Waals surface area (Å²) in [5.74, 6) is -2.76. The van der Waals surface area contributed by atoms with E-state index in [0.717, 1.165) is 0 Å². The molecule has 5 nitrogen and oxygen atoms in total. The average molecular weight is 403 g/mol. The van der Waals surface area contributed by atoms with Gasteiger partial charge in [-0.1, -0.05) is 28.9 Å². The summed E-state index contributed by atoms with van der Waals surface area (Å²) in [4.78, 5) is -1.01. The van der Waals surface area contributed by atoms with E-state index < -0.39 is 38.8 Å². The molecule has 0 atom stereocenters. The molecule has 0 amide bonds. The number of aromatic nitrogens is 1. The van der Waals surface area contributed by atoms with Gasteiger partial charge in [0.15, 0.2) is 12.4 Å². The first-order valence-electron chi connectivity index (χ1n) is 7.05. The molecule has 0 saturated carbocycles. The van der Waals surface area contributed by atoms with Crippen LogP contribution in [0.3, 0.4) is 0 Å². The van der Waals surface area contributed by atoms with Crippen LogP contribution >= 0.6 is 11.6 Å². The van der Waals surface area contributed by atoms with E-state index in [1.165, 1.54) is 6.07 Å². The highest BCUT2D eigenvalue weighted by atomic mass is 35.5. The summed E-state index contributed by atoms with van der Waals surface area (Å²) < 4.78 is 69.5. The first-order valence-corrected chi connectivity index (χ1v) is 8.97. The number of rotatable bonds is 4. The second-order valence-corrected chi connectivity index (χ2v) is 7.25. The molecule has 0 radical (unpaired) electrons. The summed E-state index contributed by atoms with van der Waals surface area (Å²) in [7, 11) is -4.47. The second-order valence-electron chi connectivity index (χ2n) is 5.28. The van der Waals surface area contributed by atoms with Crippen molar-refractivity contribution < 1.29 is 26.1 Å². The largest absolute Gasteiger partial charge is 0.357 e. The van der Waals surface area contributed by atoms with Crippen molar-refractivity contribution in [2.45, 2.75) is 11.6 Å². The average Bonchev–Trinajstić information content (AvgIpc) is 2.99. The highest BCUT2D eigenvalue weighted by molar-refractivity contribution is 7.89. The van der Waals surface area contributed by atoms with E-state index in [0.29, 0.717) is 22.7 Å². The third-order valence-corrected chi connectivity index (χ3v) is 4.74. The third kappa shape index (κ3) is 3.33. The predicted molar refractivity (Wildman–Crippen MR) is 88.5 cm³/mol. The number of sulfonamides is 1. The van der Waals surface area contributed by atoms with Gasteiger partial charge < -0.3 is 4.52 Å². The molecule has 0 aliphatic heterocycles. The molecular formula is C16H10ClF3N2O3S. The van der Waals surface area contributed by atoms with E-state index in [1.807, 2.05) is 0 Å². The van der Waals surface area contributed by atoms with Gasteiger partial charge in [-0.3, -0.25) is 0 Å². The van der Waals surface area contributed by atoms with E-state index in [9.17, 15) is 21.6 Å². The Kier molecular flexibility index (Phi) is 4.78. The summed E-state index contributed by atoms with van der Waals surface area (Å²) >= 11 is 5.91. The van der Waals surface area contributed by atoms with Crippen LogP contribution in [-0.2, 0) is 16.7 Å². The van der Waals surface area contributed by atoms with Crippen molar-refractivity contribution in [3.8, 4) is 22.4 Å². The maximum Gasteiger partial charge on any atom is 0.241 e. The molecule has 0 bridgehead atoms. The van der Waals surface area contributed by atoms with Crippen molar-refractivity contribution in [1.82, 2.24) is 5.16 Å². The number of alkyl halides is 1. The summed E-state index contributed by atoms with van der Waals surface area (Å²) in [6.07, 6.45) is 0. The Morgan fingerprint density at radius 3 is 2.50 bits per heavy atom. The van der Waals surface area contributed by atoms with Crippen molar-refractivity contribution in [2.24, 2.45) is 5.14 Å². The van der Waals surface area contributed by atoms with Crippen molar-refractivity contribution in [1.29, 1.82) is 0 Å². The molecule has 2 aromatic carbocycles. The third-order valence-electron chi connectivity index (χ3n) is 3.58. The fourth-order valence-electron chi connectivity index (χ4n) is 2.46. The Balaban J connectivity index is 2.28. The fraction of sp³-hybridized carbons (Fsp3) is 0.0625. The zero-order chi connectivity index (χ0) is 19.1. The Hall–Kier alpha value is -2.36. The van der Waals surface area contributed by atoms with Crippen molar-refractivity contribution in [3.63, 3.8) is 0 Å². The minimum absolute atomic E-state index is 0.0294. The number of primary sulfonamides is 1. The number of hydrogen-bond donors (Lipinski definition) is 1. The van der Waals surface area contributed by atoms with Crippen LogP contribution in [-0.4, -0.2) is 13.6 Å². The molecule has 1 heterocycles. The molecule has 0 unspecified atom stereocenters. The van der Waals surface area contributed by atoms with E-state index in [4.69, 9.17) is 21.3 Å². The Bertz CT molecular complexity index is 1100. The van der Waals surface area contributed by atoms with Crippen LogP contribution in [0.4, 0.5) is 13.2 Å². The van der Waals surface area contributed by atoms with Crippen molar-refractivity contribution in [3.05, 3.63) is 58.8 Å². The Morgan fingerprint density at radius 2 is 1.88 bits per heavy atom. The number of nitrogens with zero attached hydrogens (tertiary/aromatic N) is 1. The van der Waals surface area contributed by atoms with Gasteiger partial charge in [0.2, 0.25) is 10.0 Å². The molecule has 136 valence electrons. The second kappa shape index (κ2) is 6.75. The number of hydrogen-bond acceptors (Lipinski definition) is 4. The van der Waals surface area contributed by atoms with Crippen LogP contribution in [0.5, 0.6) is 0 Å². The van der Waals surface area contributed by atoms with E-state index in [2.05, 4.69) is 5.16 Å². The lowest BCUT2D eigenvalue weighted by Gasteiger charge is -2.08. The van der Waals surface area contributed by atoms with Crippen LogP contribution in [0.1, 0.15) is 5.76 Å². The molecule has 0 aliphatic carbocycles. The highest BCUT2D eigenvalue weighted by Crippen LogP contribution is 2.38. The van der Waals surface area contributed by atoms with Gasteiger partial charge in [0, 0.05) is 16.1 Å². The molecule has 0 aliphatic rings. The van der Waals surface area contributed by atoms with Gasteiger partial charge in [-0.25, -0.2) is 26.7 Å². The van der Waals surface area contributed by atoms with Crippen molar-refractivity contribution >= 4 is 21.6 Å². The van der Waals surface area contributed by atoms with Crippen LogP contribution in [0.15, 0.2) is 45.8 Å². The lowest BCUT2D eigenvalue weighted by molar-refractivity contribution is 0.332. The molecule has 1 aromatic heterocycles. The molecule has 10 heteroatoms. The number of nitrogens with two attached hydrogens (primary N) is 1. The summed E-state index contributed by atoms with van der Waals surface area (Å²) in [6.45, 7) is -1.14. The fourth-order valence-corrected chi connectivity index (χ4v) is 3.25. The van der Waals surface area contributed by atoms with Crippen LogP contribution in [0.2, 0.25) is 5.02 Å². The molecule has 0 spiro atoms. The smallest absolute Gasteiger partial charge is 0.241 e. The quantitative estimate of drug-likeness (QED) is 0.713. The maximum atomic E-state index is 14.5. The van der Waals surface area contributed by atoms with Gasteiger partial charge in [0.1, 0.15) is 22.2 Å². The predicted octanol–water partition coefficient (Wildman–Crippen LogP) is 4.06. The molecule has 0 saturated heterocycles. The molecular weight excluding hydrogens is 393 g/mol. The van der Waals surface area contributed by atoms with Crippen molar-refractivity contribution in [2.75, 3.05) is 0 Å². The SMILES string of the molecule is NS(=O)(=O)c1cc(F)c(-c2c(-c3cccc(Cl)c3)noc2CF)cc1F. The number of halogens is 4. The Morgan fingerprint density at radius 1 is 1.15 bits per heavy atom. The highest BCUT2D eigenvalue weighted by Gasteiger charge is 2.25. The molecule has 3 rings (SSSR count). The standard InChI is InChI=1S/C16H10ClF3N2O3S/c17-9-3-1-2-8(4-9)16-15(13(7-18)25-22-16)10-5-12(20)14(6-11(10)19)26(21,23)24/h1-6H,7H2,(H2,21,23,24). The van der Waals surface area contributed by atoms with E-state index >= 15 is 0 Å². The van der Waals surface area contributed by atoms with E-state index in [1.54, 1.807) is 18.2 Å². The van der Waals surface area contributed by atoms with Crippen LogP contribution in [0.25, 0.3) is 22.4 Å². The monoisotopic (exact) mass is 402 g/mol. The van der Waals surface area contributed by atoms with Crippen LogP contribution in [0, 0.1) is 11.6 Å². The summed E-state index contributed by atoms with van der Waals surface area (Å²) in [5.41, 5.74) is -0.154. The van der Waals surface area contributed by atoms with Gasteiger partial charge in [-0.2, -0.15) is 0 Å². The summed E-state index contributed by atoms with van der Waals surface area (Å²) in [6, 6.07) is 7.26. The first-order chi connectivity index (χ1) is 12.2. The topological polar surface area (TPSA) is 86.2 Å². The lowest BCUT2D eigenvalue weighted by Crippen LogP contribution is -2.14.